The van der Waals surface area contributed by atoms with E-state index < -0.39 is 49.5 Å². The second-order valence-corrected chi connectivity index (χ2v) is 26.5. The van der Waals surface area contributed by atoms with Crippen LogP contribution < -0.4 is 5.32 Å². The molecule has 0 aromatic rings. The highest BCUT2D eigenvalue weighted by molar-refractivity contribution is 5.76. The first kappa shape index (κ1) is 79.9. The second-order valence-electron chi connectivity index (χ2n) is 26.5. The minimum Gasteiger partial charge on any atom is -0.394 e. The minimum absolute atomic E-state index is 0.166. The molecule has 1 aliphatic rings. The minimum atomic E-state index is -1.56. The zero-order chi connectivity index (χ0) is 60.0. The van der Waals surface area contributed by atoms with Gasteiger partial charge in [0.15, 0.2) is 6.29 Å². The molecule has 0 spiro atoms. The molecule has 6 N–H and O–H groups in total. The van der Waals surface area contributed by atoms with Gasteiger partial charge in [0.1, 0.15) is 24.4 Å². The molecule has 1 saturated heterocycles. The van der Waals surface area contributed by atoms with Crippen LogP contribution >= 0.6 is 0 Å². The average molecular weight is 1180 g/mol. The fraction of sp³-hybridized carbons (Fsp3) is 0.959. The lowest BCUT2D eigenvalue weighted by molar-refractivity contribution is -0.302. The van der Waals surface area contributed by atoms with Crippen LogP contribution in [-0.2, 0) is 14.3 Å². The van der Waals surface area contributed by atoms with E-state index in [9.17, 15) is 30.3 Å². The van der Waals surface area contributed by atoms with Crippen molar-refractivity contribution in [2.24, 2.45) is 0 Å². The summed E-state index contributed by atoms with van der Waals surface area (Å²) in [5.41, 5.74) is 0. The number of nitrogens with one attached hydrogen (secondary N) is 1. The molecule has 0 radical (unpaired) electrons. The maximum Gasteiger partial charge on any atom is 0.220 e. The third-order valence-electron chi connectivity index (χ3n) is 18.4. The quantitative estimate of drug-likeness (QED) is 0.0261. The van der Waals surface area contributed by atoms with E-state index in [-0.39, 0.29) is 12.5 Å². The number of unbranched alkanes of at least 4 members (excludes halogenated alkanes) is 57. The molecule has 0 aromatic carbocycles. The summed E-state index contributed by atoms with van der Waals surface area (Å²) < 4.78 is 11.3. The summed E-state index contributed by atoms with van der Waals surface area (Å²) in [6.45, 7) is 3.85. The summed E-state index contributed by atoms with van der Waals surface area (Å²) in [5.74, 6) is -0.166. The van der Waals surface area contributed by atoms with Gasteiger partial charge in [0.25, 0.3) is 0 Å². The summed E-state index contributed by atoms with van der Waals surface area (Å²) in [6.07, 6.45) is 76.3. The van der Waals surface area contributed by atoms with E-state index in [0.29, 0.717) is 6.42 Å². The maximum absolute atomic E-state index is 13.1. The van der Waals surface area contributed by atoms with Crippen LogP contribution in [0.5, 0.6) is 0 Å². The molecule has 1 amide bonds. The van der Waals surface area contributed by atoms with E-state index in [2.05, 4.69) is 19.2 Å². The largest absolute Gasteiger partial charge is 0.394 e. The van der Waals surface area contributed by atoms with Crippen molar-refractivity contribution in [3.63, 3.8) is 0 Å². The van der Waals surface area contributed by atoms with Crippen LogP contribution in [0.25, 0.3) is 0 Å². The van der Waals surface area contributed by atoms with Crippen molar-refractivity contribution in [2.45, 2.75) is 442 Å². The van der Waals surface area contributed by atoms with Crippen LogP contribution in [0.3, 0.4) is 0 Å². The molecule has 0 bridgehead atoms. The van der Waals surface area contributed by atoms with Gasteiger partial charge in [-0.25, -0.2) is 0 Å². The van der Waals surface area contributed by atoms with E-state index in [1.807, 2.05) is 6.08 Å². The molecular weight excluding hydrogens is 1030 g/mol. The Labute approximate surface area is 516 Å². The fourth-order valence-electron chi connectivity index (χ4n) is 12.5. The molecule has 1 fully saturated rings. The molecule has 0 aromatic heterocycles. The van der Waals surface area contributed by atoms with Crippen LogP contribution in [0.4, 0.5) is 0 Å². The summed E-state index contributed by atoms with van der Waals surface area (Å²) in [6, 6.07) is -0.802. The van der Waals surface area contributed by atoms with Crippen LogP contribution in [0.1, 0.15) is 399 Å². The van der Waals surface area contributed by atoms with Gasteiger partial charge in [0.2, 0.25) is 5.91 Å². The second kappa shape index (κ2) is 63.9. The number of carbonyl (C=O) groups is 1. The number of ether oxygens (including phenoxy) is 2. The van der Waals surface area contributed by atoms with Crippen molar-refractivity contribution in [3.05, 3.63) is 12.2 Å². The van der Waals surface area contributed by atoms with E-state index in [1.165, 1.54) is 340 Å². The van der Waals surface area contributed by atoms with Gasteiger partial charge in [0.05, 0.1) is 25.4 Å². The predicted molar refractivity (Wildman–Crippen MR) is 355 cm³/mol. The first-order chi connectivity index (χ1) is 40.8. The number of rotatable bonds is 67. The Morgan fingerprint density at radius 3 is 0.940 bits per heavy atom. The number of aliphatic hydroxyl groups excluding tert-OH is 5. The maximum atomic E-state index is 13.1. The average Bonchev–Trinajstić information content (AvgIpc) is 3.50. The molecule has 0 saturated carbocycles. The molecule has 9 heteroatoms. The molecular formula is C74H145NO8. The van der Waals surface area contributed by atoms with Crippen molar-refractivity contribution in [3.8, 4) is 0 Å². The molecule has 0 aliphatic carbocycles. The highest BCUT2D eigenvalue weighted by Crippen LogP contribution is 2.24. The number of hydrogen-bond donors (Lipinski definition) is 6. The summed E-state index contributed by atoms with van der Waals surface area (Å²) >= 11 is 0. The predicted octanol–water partition coefficient (Wildman–Crippen LogP) is 20.7. The third kappa shape index (κ3) is 52.6. The Morgan fingerprint density at radius 1 is 0.398 bits per heavy atom. The molecule has 9 nitrogen and oxygen atoms in total. The van der Waals surface area contributed by atoms with E-state index >= 15 is 0 Å². The zero-order valence-electron chi connectivity index (χ0n) is 55.5. The highest BCUT2D eigenvalue weighted by atomic mass is 16.7. The van der Waals surface area contributed by atoms with Gasteiger partial charge in [-0.05, 0) is 19.3 Å². The van der Waals surface area contributed by atoms with Crippen LogP contribution in [0.15, 0.2) is 12.2 Å². The van der Waals surface area contributed by atoms with E-state index in [1.54, 1.807) is 6.08 Å². The van der Waals surface area contributed by atoms with E-state index in [4.69, 9.17) is 9.47 Å². The van der Waals surface area contributed by atoms with Crippen molar-refractivity contribution >= 4 is 5.91 Å². The van der Waals surface area contributed by atoms with E-state index in [0.717, 1.165) is 38.5 Å². The summed E-state index contributed by atoms with van der Waals surface area (Å²) in [5, 5.41) is 54.8. The molecule has 83 heavy (non-hydrogen) atoms. The highest BCUT2D eigenvalue weighted by Gasteiger charge is 2.44. The number of allylic oxidation sites excluding steroid dienone is 1. The van der Waals surface area contributed by atoms with Crippen molar-refractivity contribution in [2.75, 3.05) is 13.2 Å². The van der Waals surface area contributed by atoms with Gasteiger partial charge >= 0.3 is 0 Å². The standard InChI is InChI=1S/C74H145NO8/c1-3-5-7-9-11-13-15-17-19-21-23-25-27-29-31-33-34-36-38-40-42-44-46-48-50-52-54-56-58-60-62-64-70(78)75-67(66-82-74-73(81)72(80)71(79)69(65-76)83-74)68(77)63-61-59-57-55-53-51-49-47-45-43-41-39-37-35-32-30-28-26-24-22-20-18-16-14-12-10-8-6-4-2/h61,63,67-69,71-74,76-77,79-81H,3-60,62,64-66H2,1-2H3,(H,75,78)/b63-61+. The van der Waals surface area contributed by atoms with Crippen LogP contribution in [0.2, 0.25) is 0 Å². The normalized spacial score (nSPS) is 18.2. The molecule has 7 unspecified atom stereocenters. The Kier molecular flexibility index (Phi) is 61.6. The number of hydrogen-bond acceptors (Lipinski definition) is 8. The van der Waals surface area contributed by atoms with Crippen molar-refractivity contribution in [1.82, 2.24) is 5.32 Å². The number of amides is 1. The first-order valence-electron chi connectivity index (χ1n) is 37.4. The molecule has 7 atom stereocenters. The smallest absolute Gasteiger partial charge is 0.220 e. The Morgan fingerprint density at radius 2 is 0.663 bits per heavy atom. The Hall–Kier alpha value is -1.07. The fourth-order valence-corrected chi connectivity index (χ4v) is 12.5. The van der Waals surface area contributed by atoms with Gasteiger partial charge in [-0.2, -0.15) is 0 Å². The lowest BCUT2D eigenvalue weighted by Crippen LogP contribution is -2.60. The molecule has 1 rings (SSSR count). The molecule has 1 aliphatic heterocycles. The topological polar surface area (TPSA) is 149 Å². The molecule has 494 valence electrons. The number of aliphatic hydroxyl groups is 5. The van der Waals surface area contributed by atoms with Crippen molar-refractivity contribution in [1.29, 1.82) is 0 Å². The van der Waals surface area contributed by atoms with Crippen LogP contribution in [0, 0.1) is 0 Å². The SMILES string of the molecule is CCCCCCCCCCCCCCCCCCCCCCCCCCCCC/C=C/C(O)C(COC1OC(CO)C(O)C(O)C1O)NC(=O)CCCCCCCCCCCCCCCCCCCCCCCCCCCCCCCCC. The third-order valence-corrected chi connectivity index (χ3v) is 18.4. The zero-order valence-corrected chi connectivity index (χ0v) is 55.5. The van der Waals surface area contributed by atoms with Gasteiger partial charge < -0.3 is 40.3 Å². The Bertz CT molecular complexity index is 1320. The lowest BCUT2D eigenvalue weighted by Gasteiger charge is -2.40. The Balaban J connectivity index is 2.09. The summed E-state index contributed by atoms with van der Waals surface area (Å²) in [7, 11) is 0. The van der Waals surface area contributed by atoms with Gasteiger partial charge in [-0.1, -0.05) is 386 Å². The van der Waals surface area contributed by atoms with Gasteiger partial charge in [-0.15, -0.1) is 0 Å². The first-order valence-corrected chi connectivity index (χ1v) is 37.4. The monoisotopic (exact) mass is 1180 g/mol. The molecule has 1 heterocycles. The number of carbonyl (C=O) groups excluding carboxylic acids is 1. The van der Waals surface area contributed by atoms with Gasteiger partial charge in [0, 0.05) is 6.42 Å². The summed E-state index contributed by atoms with van der Waals surface area (Å²) in [4.78, 5) is 13.1. The van der Waals surface area contributed by atoms with Crippen molar-refractivity contribution < 1.29 is 39.8 Å². The van der Waals surface area contributed by atoms with Crippen LogP contribution in [-0.4, -0.2) is 87.5 Å². The van der Waals surface area contributed by atoms with Gasteiger partial charge in [-0.3, -0.25) is 4.79 Å². The lowest BCUT2D eigenvalue weighted by atomic mass is 9.99.